The summed E-state index contributed by atoms with van der Waals surface area (Å²) in [6.45, 7) is 1.80. The molecular weight excluding hydrogens is 266 g/mol. The SMILES string of the molecule is CCN(c1cccc(S(=O)(=O)O)c1)S(C)(=O)=O. The molecule has 0 atom stereocenters. The highest BCUT2D eigenvalue weighted by atomic mass is 32.2. The quantitative estimate of drug-likeness (QED) is 0.820. The fraction of sp³-hybridized carbons (Fsp3) is 0.333. The van der Waals surface area contributed by atoms with Crippen molar-refractivity contribution in [1.29, 1.82) is 0 Å². The van der Waals surface area contributed by atoms with E-state index in [1.807, 2.05) is 0 Å². The van der Waals surface area contributed by atoms with E-state index in [0.29, 0.717) is 0 Å². The molecule has 0 spiro atoms. The van der Waals surface area contributed by atoms with Crippen LogP contribution in [0.1, 0.15) is 6.92 Å². The van der Waals surface area contributed by atoms with Gasteiger partial charge >= 0.3 is 0 Å². The third kappa shape index (κ3) is 3.42. The molecule has 1 rings (SSSR count). The maximum absolute atomic E-state index is 11.4. The van der Waals surface area contributed by atoms with Crippen molar-refractivity contribution in [2.45, 2.75) is 11.8 Å². The number of sulfonamides is 1. The molecule has 1 aromatic rings. The van der Waals surface area contributed by atoms with Gasteiger partial charge in [-0.3, -0.25) is 8.86 Å². The summed E-state index contributed by atoms with van der Waals surface area (Å²) < 4.78 is 54.7. The van der Waals surface area contributed by atoms with E-state index in [1.54, 1.807) is 6.92 Å². The Bertz CT molecular complexity index is 606. The number of hydrogen-bond donors (Lipinski definition) is 1. The third-order valence-corrected chi connectivity index (χ3v) is 4.21. The first-order chi connectivity index (χ1) is 7.66. The summed E-state index contributed by atoms with van der Waals surface area (Å²) in [7, 11) is -7.81. The molecule has 0 radical (unpaired) electrons. The number of anilines is 1. The molecule has 0 fully saturated rings. The van der Waals surface area contributed by atoms with E-state index in [2.05, 4.69) is 0 Å². The first kappa shape index (κ1) is 13.9. The van der Waals surface area contributed by atoms with Crippen molar-refractivity contribution in [3.8, 4) is 0 Å². The van der Waals surface area contributed by atoms with E-state index >= 15 is 0 Å². The van der Waals surface area contributed by atoms with Crippen molar-refractivity contribution < 1.29 is 21.4 Å². The van der Waals surface area contributed by atoms with E-state index in [1.165, 1.54) is 18.2 Å². The average Bonchev–Trinajstić information content (AvgIpc) is 2.15. The van der Waals surface area contributed by atoms with Crippen molar-refractivity contribution >= 4 is 25.8 Å². The molecule has 0 saturated heterocycles. The van der Waals surface area contributed by atoms with Crippen LogP contribution in [0.15, 0.2) is 29.2 Å². The maximum atomic E-state index is 11.4. The van der Waals surface area contributed by atoms with Crippen LogP contribution in [0, 0.1) is 0 Å². The standard InChI is InChI=1S/C9H13NO5S2/c1-3-10(16(2,11)12)8-5-4-6-9(7-8)17(13,14)15/h4-7H,3H2,1-2H3,(H,13,14,15). The topological polar surface area (TPSA) is 91.8 Å². The molecule has 1 N–H and O–H groups in total. The largest absolute Gasteiger partial charge is 0.294 e. The Morgan fingerprint density at radius 3 is 2.24 bits per heavy atom. The zero-order chi connectivity index (χ0) is 13.3. The molecule has 0 aliphatic carbocycles. The van der Waals surface area contributed by atoms with Gasteiger partial charge in [0.1, 0.15) is 0 Å². The predicted molar refractivity (Wildman–Crippen MR) is 64.1 cm³/mol. The van der Waals surface area contributed by atoms with Crippen molar-refractivity contribution in [2.24, 2.45) is 0 Å². The monoisotopic (exact) mass is 279 g/mol. The van der Waals surface area contributed by atoms with E-state index < -0.39 is 20.1 Å². The molecule has 0 amide bonds. The Balaban J connectivity index is 3.34. The maximum Gasteiger partial charge on any atom is 0.294 e. The van der Waals surface area contributed by atoms with Gasteiger partial charge in [0.25, 0.3) is 10.1 Å². The highest BCUT2D eigenvalue weighted by molar-refractivity contribution is 7.92. The van der Waals surface area contributed by atoms with Crippen LogP contribution in [0.25, 0.3) is 0 Å². The van der Waals surface area contributed by atoms with Crippen LogP contribution in [-0.4, -0.2) is 34.2 Å². The minimum absolute atomic E-state index is 0.174. The van der Waals surface area contributed by atoms with Crippen LogP contribution in [0.4, 0.5) is 5.69 Å². The molecule has 1 aromatic carbocycles. The van der Waals surface area contributed by atoms with E-state index in [-0.39, 0.29) is 17.1 Å². The van der Waals surface area contributed by atoms with Crippen LogP contribution >= 0.6 is 0 Å². The molecule has 0 saturated carbocycles. The molecule has 0 aliphatic heterocycles. The Hall–Kier alpha value is -1.12. The van der Waals surface area contributed by atoms with Gasteiger partial charge in [-0.2, -0.15) is 8.42 Å². The first-order valence-electron chi connectivity index (χ1n) is 4.71. The van der Waals surface area contributed by atoms with Crippen LogP contribution in [0.2, 0.25) is 0 Å². The lowest BCUT2D eigenvalue weighted by Crippen LogP contribution is -2.29. The number of hydrogen-bond acceptors (Lipinski definition) is 4. The Morgan fingerprint density at radius 1 is 1.24 bits per heavy atom. The zero-order valence-electron chi connectivity index (χ0n) is 9.36. The molecular formula is C9H13NO5S2. The van der Waals surface area contributed by atoms with Gasteiger partial charge in [-0.05, 0) is 25.1 Å². The first-order valence-corrected chi connectivity index (χ1v) is 8.00. The Labute approximate surface area is 101 Å². The number of benzene rings is 1. The molecule has 0 heterocycles. The second kappa shape index (κ2) is 4.63. The van der Waals surface area contributed by atoms with Crippen molar-refractivity contribution in [2.75, 3.05) is 17.1 Å². The molecule has 0 unspecified atom stereocenters. The summed E-state index contributed by atoms with van der Waals surface area (Å²) in [5.41, 5.74) is 0.199. The highest BCUT2D eigenvalue weighted by Gasteiger charge is 2.17. The fourth-order valence-electron chi connectivity index (χ4n) is 1.41. The highest BCUT2D eigenvalue weighted by Crippen LogP contribution is 2.21. The molecule has 0 bridgehead atoms. The average molecular weight is 279 g/mol. The number of rotatable bonds is 4. The summed E-state index contributed by atoms with van der Waals surface area (Å²) in [6, 6.07) is 5.13. The summed E-state index contributed by atoms with van der Waals surface area (Å²) in [5, 5.41) is 0. The van der Waals surface area contributed by atoms with Crippen LogP contribution in [0.5, 0.6) is 0 Å². The molecule has 6 nitrogen and oxygen atoms in total. The second-order valence-electron chi connectivity index (χ2n) is 3.40. The van der Waals surface area contributed by atoms with Crippen LogP contribution in [0.3, 0.4) is 0 Å². The smallest absolute Gasteiger partial charge is 0.282 e. The molecule has 8 heteroatoms. The van der Waals surface area contributed by atoms with Gasteiger partial charge < -0.3 is 0 Å². The van der Waals surface area contributed by atoms with E-state index in [0.717, 1.165) is 16.6 Å². The molecule has 17 heavy (non-hydrogen) atoms. The summed E-state index contributed by atoms with van der Waals surface area (Å²) >= 11 is 0. The van der Waals surface area contributed by atoms with E-state index in [9.17, 15) is 16.8 Å². The van der Waals surface area contributed by atoms with Gasteiger partial charge in [-0.15, -0.1) is 0 Å². The third-order valence-electron chi connectivity index (χ3n) is 2.09. The zero-order valence-corrected chi connectivity index (χ0v) is 11.0. The predicted octanol–water partition coefficient (Wildman–Crippen LogP) is 0.719. The van der Waals surface area contributed by atoms with Crippen LogP contribution in [-0.2, 0) is 20.1 Å². The summed E-state index contributed by atoms with van der Waals surface area (Å²) in [4.78, 5) is -0.336. The second-order valence-corrected chi connectivity index (χ2v) is 6.73. The summed E-state index contributed by atoms with van der Waals surface area (Å²) in [6.07, 6.45) is 1.02. The van der Waals surface area contributed by atoms with Crippen molar-refractivity contribution in [3.05, 3.63) is 24.3 Å². The molecule has 0 aromatic heterocycles. The minimum atomic E-state index is -4.33. The van der Waals surface area contributed by atoms with Gasteiger partial charge in [-0.25, -0.2) is 8.42 Å². The lowest BCUT2D eigenvalue weighted by Gasteiger charge is -2.20. The van der Waals surface area contributed by atoms with Gasteiger partial charge in [0.05, 0.1) is 16.8 Å². The van der Waals surface area contributed by atoms with Crippen LogP contribution < -0.4 is 4.31 Å². The lowest BCUT2D eigenvalue weighted by molar-refractivity contribution is 0.483. The fourth-order valence-corrected chi connectivity index (χ4v) is 2.89. The van der Waals surface area contributed by atoms with Crippen molar-refractivity contribution in [3.63, 3.8) is 0 Å². The van der Waals surface area contributed by atoms with E-state index in [4.69, 9.17) is 4.55 Å². The van der Waals surface area contributed by atoms with Crippen molar-refractivity contribution in [1.82, 2.24) is 0 Å². The molecule has 96 valence electrons. The normalized spacial score (nSPS) is 12.4. The van der Waals surface area contributed by atoms with Gasteiger partial charge in [0.2, 0.25) is 10.0 Å². The Kier molecular flexibility index (Phi) is 3.80. The number of nitrogens with zero attached hydrogens (tertiary/aromatic N) is 1. The molecule has 0 aliphatic rings. The van der Waals surface area contributed by atoms with Gasteiger partial charge in [0.15, 0.2) is 0 Å². The minimum Gasteiger partial charge on any atom is -0.282 e. The lowest BCUT2D eigenvalue weighted by atomic mass is 10.3. The van der Waals surface area contributed by atoms with Gasteiger partial charge in [0, 0.05) is 6.54 Å². The van der Waals surface area contributed by atoms with Gasteiger partial charge in [-0.1, -0.05) is 6.07 Å². The summed E-state index contributed by atoms with van der Waals surface area (Å²) in [5.74, 6) is 0. The Morgan fingerprint density at radius 2 is 1.82 bits per heavy atom.